The fourth-order valence-electron chi connectivity index (χ4n) is 1.76. The zero-order valence-electron chi connectivity index (χ0n) is 10.1. The lowest BCUT2D eigenvalue weighted by atomic mass is 10.0. The maximum Gasteiger partial charge on any atom is 0.126 e. The lowest BCUT2D eigenvalue weighted by Crippen LogP contribution is -1.99. The van der Waals surface area contributed by atoms with E-state index in [9.17, 15) is 4.79 Å². The third kappa shape index (κ3) is 2.75. The molecular weight excluding hydrogens is 204 g/mol. The van der Waals surface area contributed by atoms with E-state index >= 15 is 0 Å². The van der Waals surface area contributed by atoms with Gasteiger partial charge in [-0.15, -0.1) is 0 Å². The van der Waals surface area contributed by atoms with Crippen LogP contribution in [-0.2, 0) is 17.6 Å². The highest BCUT2D eigenvalue weighted by Crippen LogP contribution is 2.31. The van der Waals surface area contributed by atoms with Crippen molar-refractivity contribution in [3.05, 3.63) is 23.3 Å². The van der Waals surface area contributed by atoms with Gasteiger partial charge in [0.2, 0.25) is 0 Å². The quantitative estimate of drug-likeness (QED) is 0.693. The summed E-state index contributed by atoms with van der Waals surface area (Å²) in [7, 11) is 3.22. The third-order valence-electron chi connectivity index (χ3n) is 2.49. The van der Waals surface area contributed by atoms with E-state index in [1.807, 2.05) is 12.1 Å². The molecule has 0 saturated carbocycles. The molecule has 0 fully saturated rings. The van der Waals surface area contributed by atoms with Gasteiger partial charge in [-0.05, 0) is 24.1 Å². The molecule has 0 amide bonds. The normalized spacial score (nSPS) is 9.94. The average Bonchev–Trinajstić information content (AvgIpc) is 2.31. The summed E-state index contributed by atoms with van der Waals surface area (Å²) in [6.45, 7) is 2.12. The Morgan fingerprint density at radius 1 is 1.19 bits per heavy atom. The number of methoxy groups -OCH3 is 2. The van der Waals surface area contributed by atoms with Gasteiger partial charge >= 0.3 is 0 Å². The molecule has 0 unspecified atom stereocenters. The Kier molecular flexibility index (Phi) is 4.83. The van der Waals surface area contributed by atoms with Gasteiger partial charge in [-0.25, -0.2) is 0 Å². The molecule has 1 rings (SSSR count). The van der Waals surface area contributed by atoms with Gasteiger partial charge in [-0.2, -0.15) is 0 Å². The monoisotopic (exact) mass is 222 g/mol. The minimum Gasteiger partial charge on any atom is -0.496 e. The number of rotatable bonds is 6. The smallest absolute Gasteiger partial charge is 0.126 e. The summed E-state index contributed by atoms with van der Waals surface area (Å²) in [6, 6.07) is 3.95. The van der Waals surface area contributed by atoms with Crippen molar-refractivity contribution in [1.29, 1.82) is 0 Å². The predicted octanol–water partition coefficient (Wildman–Crippen LogP) is 2.40. The molecule has 0 bridgehead atoms. The number of benzene rings is 1. The van der Waals surface area contributed by atoms with E-state index in [1.54, 1.807) is 14.2 Å². The topological polar surface area (TPSA) is 35.5 Å². The molecule has 0 spiro atoms. The first-order valence-corrected chi connectivity index (χ1v) is 5.44. The standard InChI is InChI=1S/C13H18O3/c1-4-5-10-8-12(15-2)11(6-7-14)13(9-10)16-3/h7-9H,4-6H2,1-3H3. The van der Waals surface area contributed by atoms with Gasteiger partial charge in [0.25, 0.3) is 0 Å². The molecule has 16 heavy (non-hydrogen) atoms. The molecule has 0 aliphatic heterocycles. The largest absolute Gasteiger partial charge is 0.496 e. The van der Waals surface area contributed by atoms with Crippen molar-refractivity contribution in [2.24, 2.45) is 0 Å². The lowest BCUT2D eigenvalue weighted by molar-refractivity contribution is -0.107. The number of ether oxygens (including phenoxy) is 2. The van der Waals surface area contributed by atoms with Crippen LogP contribution >= 0.6 is 0 Å². The molecular formula is C13H18O3. The minimum absolute atomic E-state index is 0.318. The maximum absolute atomic E-state index is 10.6. The van der Waals surface area contributed by atoms with Crippen LogP contribution in [0.4, 0.5) is 0 Å². The average molecular weight is 222 g/mol. The summed E-state index contributed by atoms with van der Waals surface area (Å²) in [6.07, 6.45) is 3.23. The molecule has 1 aromatic carbocycles. The van der Waals surface area contributed by atoms with Gasteiger partial charge in [0.1, 0.15) is 17.8 Å². The number of aryl methyl sites for hydroxylation is 1. The second-order valence-corrected chi connectivity index (χ2v) is 3.60. The molecule has 0 heterocycles. The van der Waals surface area contributed by atoms with Crippen molar-refractivity contribution in [3.8, 4) is 11.5 Å². The van der Waals surface area contributed by atoms with Crippen molar-refractivity contribution >= 4 is 6.29 Å². The Bertz CT molecular complexity index is 333. The van der Waals surface area contributed by atoms with Crippen LogP contribution in [0.5, 0.6) is 11.5 Å². The van der Waals surface area contributed by atoms with Crippen molar-refractivity contribution in [2.45, 2.75) is 26.2 Å². The Balaban J connectivity index is 3.19. The Morgan fingerprint density at radius 3 is 2.12 bits per heavy atom. The van der Waals surface area contributed by atoms with Crippen molar-refractivity contribution < 1.29 is 14.3 Å². The predicted molar refractivity (Wildman–Crippen MR) is 63.3 cm³/mol. The van der Waals surface area contributed by atoms with Crippen molar-refractivity contribution in [3.63, 3.8) is 0 Å². The summed E-state index contributed by atoms with van der Waals surface area (Å²) in [4.78, 5) is 10.6. The van der Waals surface area contributed by atoms with E-state index in [0.29, 0.717) is 6.42 Å². The zero-order chi connectivity index (χ0) is 12.0. The Morgan fingerprint density at radius 2 is 1.75 bits per heavy atom. The summed E-state index contributed by atoms with van der Waals surface area (Å²) in [5, 5.41) is 0. The molecule has 0 aliphatic rings. The Hall–Kier alpha value is -1.51. The Labute approximate surface area is 96.4 Å². The second kappa shape index (κ2) is 6.16. The highest BCUT2D eigenvalue weighted by atomic mass is 16.5. The molecule has 0 aromatic heterocycles. The molecule has 0 N–H and O–H groups in total. The van der Waals surface area contributed by atoms with Gasteiger partial charge in [0.15, 0.2) is 0 Å². The van der Waals surface area contributed by atoms with Gasteiger partial charge in [-0.1, -0.05) is 13.3 Å². The lowest BCUT2D eigenvalue weighted by Gasteiger charge is -2.13. The highest BCUT2D eigenvalue weighted by Gasteiger charge is 2.11. The molecule has 0 atom stereocenters. The zero-order valence-corrected chi connectivity index (χ0v) is 10.1. The van der Waals surface area contributed by atoms with Crippen molar-refractivity contribution in [1.82, 2.24) is 0 Å². The molecule has 1 aromatic rings. The first-order chi connectivity index (χ1) is 7.76. The molecule has 3 heteroatoms. The minimum atomic E-state index is 0.318. The van der Waals surface area contributed by atoms with Crippen LogP contribution < -0.4 is 9.47 Å². The SMILES string of the molecule is CCCc1cc(OC)c(CC=O)c(OC)c1. The first-order valence-electron chi connectivity index (χ1n) is 5.44. The molecule has 0 saturated heterocycles. The van der Waals surface area contributed by atoms with Crippen LogP contribution in [0.2, 0.25) is 0 Å². The van der Waals surface area contributed by atoms with E-state index in [0.717, 1.165) is 36.2 Å². The first kappa shape index (κ1) is 12.6. The van der Waals surface area contributed by atoms with E-state index in [2.05, 4.69) is 6.92 Å². The summed E-state index contributed by atoms with van der Waals surface area (Å²) in [5.74, 6) is 1.46. The number of carbonyl (C=O) groups excluding carboxylic acids is 1. The highest BCUT2D eigenvalue weighted by molar-refractivity contribution is 5.62. The third-order valence-corrected chi connectivity index (χ3v) is 2.49. The van der Waals surface area contributed by atoms with Gasteiger partial charge < -0.3 is 14.3 Å². The van der Waals surface area contributed by atoms with Crippen LogP contribution in [0, 0.1) is 0 Å². The van der Waals surface area contributed by atoms with Crippen LogP contribution in [0.1, 0.15) is 24.5 Å². The fraction of sp³-hybridized carbons (Fsp3) is 0.462. The van der Waals surface area contributed by atoms with Gasteiger partial charge in [0.05, 0.1) is 14.2 Å². The van der Waals surface area contributed by atoms with Crippen LogP contribution in [-0.4, -0.2) is 20.5 Å². The number of carbonyl (C=O) groups is 1. The summed E-state index contributed by atoms with van der Waals surface area (Å²) < 4.78 is 10.6. The van der Waals surface area contributed by atoms with Gasteiger partial charge in [-0.3, -0.25) is 0 Å². The van der Waals surface area contributed by atoms with Crippen LogP contribution in [0.3, 0.4) is 0 Å². The van der Waals surface area contributed by atoms with Crippen molar-refractivity contribution in [2.75, 3.05) is 14.2 Å². The van der Waals surface area contributed by atoms with E-state index < -0.39 is 0 Å². The van der Waals surface area contributed by atoms with E-state index in [1.165, 1.54) is 5.56 Å². The molecule has 88 valence electrons. The van der Waals surface area contributed by atoms with E-state index in [4.69, 9.17) is 9.47 Å². The molecule has 0 aliphatic carbocycles. The number of aldehydes is 1. The summed E-state index contributed by atoms with van der Waals surface area (Å²) >= 11 is 0. The van der Waals surface area contributed by atoms with Gasteiger partial charge in [0, 0.05) is 12.0 Å². The summed E-state index contributed by atoms with van der Waals surface area (Å²) in [5.41, 5.74) is 1.99. The van der Waals surface area contributed by atoms with Crippen LogP contribution in [0.25, 0.3) is 0 Å². The second-order valence-electron chi connectivity index (χ2n) is 3.60. The fourth-order valence-corrected chi connectivity index (χ4v) is 1.76. The van der Waals surface area contributed by atoms with Crippen LogP contribution in [0.15, 0.2) is 12.1 Å². The number of hydrogen-bond donors (Lipinski definition) is 0. The maximum atomic E-state index is 10.6. The molecule has 0 radical (unpaired) electrons. The number of hydrogen-bond acceptors (Lipinski definition) is 3. The van der Waals surface area contributed by atoms with E-state index in [-0.39, 0.29) is 0 Å². The molecule has 3 nitrogen and oxygen atoms in total.